The number of hydrogen-bond donors (Lipinski definition) is 2. The first-order valence-electron chi connectivity index (χ1n) is 8.26. The van der Waals surface area contributed by atoms with Crippen LogP contribution < -0.4 is 10.6 Å². The van der Waals surface area contributed by atoms with E-state index in [1.807, 2.05) is 6.07 Å². The highest BCUT2D eigenvalue weighted by atomic mass is 16.6. The number of cyclic esters (lactones) is 1. The molecule has 25 heavy (non-hydrogen) atoms. The van der Waals surface area contributed by atoms with E-state index in [9.17, 15) is 14.4 Å². The zero-order valence-corrected chi connectivity index (χ0v) is 14.8. The topological polar surface area (TPSA) is 93.7 Å². The number of alkyl carbamates (subject to hydrolysis) is 1. The first-order chi connectivity index (χ1) is 11.7. The van der Waals surface area contributed by atoms with Crippen molar-refractivity contribution in [3.8, 4) is 0 Å². The number of amides is 2. The maximum atomic E-state index is 12.2. The molecule has 2 N–H and O–H groups in total. The Bertz CT molecular complexity index is 651. The van der Waals surface area contributed by atoms with Crippen LogP contribution in [0.2, 0.25) is 0 Å². The van der Waals surface area contributed by atoms with Gasteiger partial charge in [0.1, 0.15) is 11.7 Å². The van der Waals surface area contributed by atoms with Crippen molar-refractivity contribution in [2.45, 2.75) is 51.9 Å². The average Bonchev–Trinajstić information content (AvgIpc) is 2.95. The van der Waals surface area contributed by atoms with E-state index in [1.165, 1.54) is 0 Å². The molecule has 1 atom stereocenters. The van der Waals surface area contributed by atoms with Crippen LogP contribution in [0.25, 0.3) is 0 Å². The highest BCUT2D eigenvalue weighted by Gasteiger charge is 2.23. The van der Waals surface area contributed by atoms with Gasteiger partial charge in [0, 0.05) is 18.5 Å². The fraction of sp³-hybridized carbons (Fsp3) is 0.500. The van der Waals surface area contributed by atoms with Crippen LogP contribution in [0.3, 0.4) is 0 Å². The molecule has 1 aromatic carbocycles. The van der Waals surface area contributed by atoms with Crippen LogP contribution in [0.1, 0.15) is 49.5 Å². The Balaban J connectivity index is 1.84. The van der Waals surface area contributed by atoms with E-state index in [0.717, 1.165) is 5.56 Å². The lowest BCUT2D eigenvalue weighted by molar-refractivity contribution is -0.141. The molecule has 2 amide bonds. The summed E-state index contributed by atoms with van der Waals surface area (Å²) < 4.78 is 10.2. The molecule has 0 spiro atoms. The summed E-state index contributed by atoms with van der Waals surface area (Å²) in [6.45, 7) is 5.93. The molecule has 7 nitrogen and oxygen atoms in total. The van der Waals surface area contributed by atoms with E-state index >= 15 is 0 Å². The maximum absolute atomic E-state index is 12.2. The van der Waals surface area contributed by atoms with E-state index in [2.05, 4.69) is 10.6 Å². The molecule has 0 aromatic heterocycles. The van der Waals surface area contributed by atoms with Gasteiger partial charge in [0.15, 0.2) is 0 Å². The third kappa shape index (κ3) is 6.45. The van der Waals surface area contributed by atoms with Gasteiger partial charge in [-0.15, -0.1) is 0 Å². The van der Waals surface area contributed by atoms with Gasteiger partial charge in [-0.2, -0.15) is 0 Å². The zero-order chi connectivity index (χ0) is 18.4. The highest BCUT2D eigenvalue weighted by Crippen LogP contribution is 2.13. The quantitative estimate of drug-likeness (QED) is 0.795. The largest absolute Gasteiger partial charge is 0.460 e. The van der Waals surface area contributed by atoms with E-state index in [0.29, 0.717) is 24.9 Å². The van der Waals surface area contributed by atoms with E-state index in [4.69, 9.17) is 9.47 Å². The molecule has 1 saturated heterocycles. The van der Waals surface area contributed by atoms with Crippen molar-refractivity contribution < 1.29 is 23.9 Å². The van der Waals surface area contributed by atoms with Gasteiger partial charge in [-0.05, 0) is 44.9 Å². The summed E-state index contributed by atoms with van der Waals surface area (Å²) in [5, 5.41) is 5.41. The Morgan fingerprint density at radius 1 is 1.28 bits per heavy atom. The monoisotopic (exact) mass is 348 g/mol. The van der Waals surface area contributed by atoms with E-state index < -0.39 is 11.7 Å². The Morgan fingerprint density at radius 2 is 2.04 bits per heavy atom. The predicted octanol–water partition coefficient (Wildman–Crippen LogP) is 2.15. The van der Waals surface area contributed by atoms with Gasteiger partial charge in [-0.25, -0.2) is 4.79 Å². The molecule has 0 radical (unpaired) electrons. The number of carbonyl (C=O) groups is 3. The number of ether oxygens (including phenoxy) is 2. The maximum Gasteiger partial charge on any atom is 0.407 e. The third-order valence-electron chi connectivity index (χ3n) is 3.48. The molecule has 1 heterocycles. The van der Waals surface area contributed by atoms with Gasteiger partial charge >= 0.3 is 12.1 Å². The summed E-state index contributed by atoms with van der Waals surface area (Å²) in [5.41, 5.74) is 0.703. The fourth-order valence-electron chi connectivity index (χ4n) is 2.35. The van der Waals surface area contributed by atoms with Crippen molar-refractivity contribution >= 4 is 18.0 Å². The fourth-order valence-corrected chi connectivity index (χ4v) is 2.35. The van der Waals surface area contributed by atoms with E-state index in [1.54, 1.807) is 39.0 Å². The summed E-state index contributed by atoms with van der Waals surface area (Å²) in [4.78, 5) is 34.9. The number of rotatable bonds is 5. The number of benzene rings is 1. The Hall–Kier alpha value is -2.57. The summed E-state index contributed by atoms with van der Waals surface area (Å²) in [5.74, 6) is -0.475. The molecule has 0 bridgehead atoms. The molecule has 1 aromatic rings. The van der Waals surface area contributed by atoms with Crippen LogP contribution in [0.5, 0.6) is 0 Å². The van der Waals surface area contributed by atoms with E-state index in [-0.39, 0.29) is 24.5 Å². The molecule has 1 aliphatic rings. The van der Waals surface area contributed by atoms with Gasteiger partial charge in [-0.3, -0.25) is 9.59 Å². The van der Waals surface area contributed by atoms with Crippen LogP contribution in [-0.4, -0.2) is 36.2 Å². The molecule has 0 aliphatic carbocycles. The minimum atomic E-state index is -0.560. The van der Waals surface area contributed by atoms with Gasteiger partial charge in [0.05, 0.1) is 6.54 Å². The Kier molecular flexibility index (Phi) is 6.01. The Labute approximate surface area is 147 Å². The number of carbonyl (C=O) groups excluding carboxylic acids is 3. The molecular weight excluding hydrogens is 324 g/mol. The number of hydrogen-bond acceptors (Lipinski definition) is 5. The lowest BCUT2D eigenvalue weighted by Gasteiger charge is -2.19. The van der Waals surface area contributed by atoms with Crippen molar-refractivity contribution in [1.29, 1.82) is 0 Å². The zero-order valence-electron chi connectivity index (χ0n) is 14.8. The molecule has 1 fully saturated rings. The third-order valence-corrected chi connectivity index (χ3v) is 3.48. The number of nitrogens with one attached hydrogen (secondary N) is 2. The van der Waals surface area contributed by atoms with Crippen molar-refractivity contribution in [1.82, 2.24) is 10.6 Å². The first-order valence-corrected chi connectivity index (χ1v) is 8.26. The highest BCUT2D eigenvalue weighted by molar-refractivity contribution is 5.94. The van der Waals surface area contributed by atoms with Crippen LogP contribution in [0.4, 0.5) is 4.79 Å². The van der Waals surface area contributed by atoms with Crippen molar-refractivity contribution in [3.05, 3.63) is 35.4 Å². The predicted molar refractivity (Wildman–Crippen MR) is 91.0 cm³/mol. The Morgan fingerprint density at radius 3 is 2.68 bits per heavy atom. The second-order valence-electron chi connectivity index (χ2n) is 6.92. The molecule has 0 saturated carbocycles. The molecule has 1 aliphatic heterocycles. The molecule has 0 unspecified atom stereocenters. The normalized spacial score (nSPS) is 16.9. The van der Waals surface area contributed by atoms with Crippen LogP contribution >= 0.6 is 0 Å². The summed E-state index contributed by atoms with van der Waals surface area (Å²) in [6.07, 6.45) is 0.254. The van der Waals surface area contributed by atoms with Crippen LogP contribution in [0, 0.1) is 0 Å². The summed E-state index contributed by atoms with van der Waals surface area (Å²) in [6, 6.07) is 6.95. The molecule has 2 rings (SSSR count). The first kappa shape index (κ1) is 18.8. The summed E-state index contributed by atoms with van der Waals surface area (Å²) in [7, 11) is 0. The van der Waals surface area contributed by atoms with Crippen molar-refractivity contribution in [2.24, 2.45) is 0 Å². The minimum absolute atomic E-state index is 0.227. The standard InChI is InChI=1S/C18H24N2O5/c1-18(2,3)25-17(23)20-10-12-5-4-6-13(9-12)16(22)19-11-14-7-8-15(21)24-14/h4-6,9,14H,7-8,10-11H2,1-3H3,(H,19,22)(H,20,23)/t14-/m0/s1. The summed E-state index contributed by atoms with van der Waals surface area (Å²) >= 11 is 0. The SMILES string of the molecule is CC(C)(C)OC(=O)NCc1cccc(C(=O)NC[C@@H]2CCC(=O)O2)c1. The lowest BCUT2D eigenvalue weighted by Crippen LogP contribution is -2.33. The van der Waals surface area contributed by atoms with Crippen molar-refractivity contribution in [3.63, 3.8) is 0 Å². The smallest absolute Gasteiger partial charge is 0.407 e. The van der Waals surface area contributed by atoms with Crippen LogP contribution in [0.15, 0.2) is 24.3 Å². The van der Waals surface area contributed by atoms with Gasteiger partial charge in [0.25, 0.3) is 5.91 Å². The molecule has 136 valence electrons. The van der Waals surface area contributed by atoms with Gasteiger partial charge in [-0.1, -0.05) is 12.1 Å². The van der Waals surface area contributed by atoms with Crippen molar-refractivity contribution in [2.75, 3.05) is 6.54 Å². The molecular formula is C18H24N2O5. The van der Waals surface area contributed by atoms with Gasteiger partial charge in [0.2, 0.25) is 0 Å². The van der Waals surface area contributed by atoms with Gasteiger partial charge < -0.3 is 20.1 Å². The second-order valence-corrected chi connectivity index (χ2v) is 6.92. The molecule has 7 heteroatoms. The minimum Gasteiger partial charge on any atom is -0.460 e. The average molecular weight is 348 g/mol. The second kappa shape index (κ2) is 8.00. The number of esters is 1. The van der Waals surface area contributed by atoms with Crippen LogP contribution in [-0.2, 0) is 20.8 Å². The lowest BCUT2D eigenvalue weighted by atomic mass is 10.1.